The van der Waals surface area contributed by atoms with Crippen LogP contribution in [-0.2, 0) is 0 Å². The molecule has 0 atom stereocenters. The standard InChI is InChI=1S/C12H11Br2N/c1-7(2)8-4-3-5-9-11(14)10(13)6-15-12(8)9/h3-7H,1-2H3. The highest BCUT2D eigenvalue weighted by atomic mass is 79.9. The molecule has 0 saturated carbocycles. The number of halogens is 2. The van der Waals surface area contributed by atoms with Gasteiger partial charge < -0.3 is 0 Å². The van der Waals surface area contributed by atoms with Gasteiger partial charge in [-0.05, 0) is 43.3 Å². The molecule has 1 aromatic carbocycles. The van der Waals surface area contributed by atoms with Crippen LogP contribution in [0.4, 0.5) is 0 Å². The largest absolute Gasteiger partial charge is 0.255 e. The van der Waals surface area contributed by atoms with Crippen molar-refractivity contribution in [3.63, 3.8) is 0 Å². The molecule has 1 aromatic heterocycles. The van der Waals surface area contributed by atoms with E-state index in [4.69, 9.17) is 0 Å². The number of aromatic nitrogens is 1. The van der Waals surface area contributed by atoms with Crippen LogP contribution in [0, 0.1) is 0 Å². The summed E-state index contributed by atoms with van der Waals surface area (Å²) in [6.45, 7) is 4.37. The van der Waals surface area contributed by atoms with Gasteiger partial charge in [-0.25, -0.2) is 0 Å². The molecule has 3 heteroatoms. The van der Waals surface area contributed by atoms with Crippen molar-refractivity contribution in [3.8, 4) is 0 Å². The van der Waals surface area contributed by atoms with Crippen LogP contribution in [0.3, 0.4) is 0 Å². The number of hydrogen-bond acceptors (Lipinski definition) is 1. The maximum Gasteiger partial charge on any atom is 0.0748 e. The van der Waals surface area contributed by atoms with Gasteiger partial charge in [0.15, 0.2) is 0 Å². The number of para-hydroxylation sites is 1. The molecule has 0 unspecified atom stereocenters. The molecule has 0 saturated heterocycles. The first-order valence-electron chi connectivity index (χ1n) is 4.84. The van der Waals surface area contributed by atoms with Gasteiger partial charge in [0.05, 0.1) is 9.99 Å². The summed E-state index contributed by atoms with van der Waals surface area (Å²) in [7, 11) is 0. The minimum absolute atomic E-state index is 0.495. The second-order valence-electron chi connectivity index (χ2n) is 3.82. The van der Waals surface area contributed by atoms with E-state index < -0.39 is 0 Å². The predicted octanol–water partition coefficient (Wildman–Crippen LogP) is 4.88. The zero-order chi connectivity index (χ0) is 11.0. The van der Waals surface area contributed by atoms with Crippen LogP contribution in [0.15, 0.2) is 33.3 Å². The molecule has 0 aliphatic rings. The molecule has 1 nitrogen and oxygen atoms in total. The molecular weight excluding hydrogens is 318 g/mol. The number of pyridine rings is 1. The summed E-state index contributed by atoms with van der Waals surface area (Å²) in [5, 5.41) is 1.16. The van der Waals surface area contributed by atoms with Crippen molar-refractivity contribution < 1.29 is 0 Å². The number of hydrogen-bond donors (Lipinski definition) is 0. The summed E-state index contributed by atoms with van der Waals surface area (Å²) in [5.41, 5.74) is 2.38. The summed E-state index contributed by atoms with van der Waals surface area (Å²) in [6, 6.07) is 6.31. The van der Waals surface area contributed by atoms with E-state index in [1.165, 1.54) is 5.56 Å². The molecule has 0 fully saturated rings. The van der Waals surface area contributed by atoms with Gasteiger partial charge in [0.2, 0.25) is 0 Å². The quantitative estimate of drug-likeness (QED) is 0.726. The fourth-order valence-corrected chi connectivity index (χ4v) is 2.39. The van der Waals surface area contributed by atoms with Crippen LogP contribution in [0.2, 0.25) is 0 Å². The molecule has 0 aliphatic carbocycles. The van der Waals surface area contributed by atoms with Crippen LogP contribution < -0.4 is 0 Å². The highest BCUT2D eigenvalue weighted by Gasteiger charge is 2.09. The molecule has 15 heavy (non-hydrogen) atoms. The monoisotopic (exact) mass is 327 g/mol. The van der Waals surface area contributed by atoms with Crippen LogP contribution in [0.1, 0.15) is 25.3 Å². The Morgan fingerprint density at radius 3 is 2.60 bits per heavy atom. The summed E-state index contributed by atoms with van der Waals surface area (Å²) in [4.78, 5) is 4.49. The van der Waals surface area contributed by atoms with E-state index >= 15 is 0 Å². The number of nitrogens with zero attached hydrogens (tertiary/aromatic N) is 1. The first kappa shape index (κ1) is 11.1. The highest BCUT2D eigenvalue weighted by Crippen LogP contribution is 2.33. The van der Waals surface area contributed by atoms with E-state index in [2.05, 4.69) is 68.9 Å². The fourth-order valence-electron chi connectivity index (χ4n) is 1.66. The van der Waals surface area contributed by atoms with E-state index in [1.54, 1.807) is 0 Å². The highest BCUT2D eigenvalue weighted by molar-refractivity contribution is 9.13. The van der Waals surface area contributed by atoms with E-state index in [1.807, 2.05) is 6.20 Å². The summed E-state index contributed by atoms with van der Waals surface area (Å²) < 4.78 is 2.07. The zero-order valence-corrected chi connectivity index (χ0v) is 11.8. The Bertz CT molecular complexity index is 506. The molecule has 2 aromatic rings. The van der Waals surface area contributed by atoms with Gasteiger partial charge in [0.25, 0.3) is 0 Å². The molecule has 0 N–H and O–H groups in total. The molecule has 0 radical (unpaired) electrons. The minimum Gasteiger partial charge on any atom is -0.255 e. The summed E-state index contributed by atoms with van der Waals surface area (Å²) >= 11 is 7.05. The Labute approximate surface area is 106 Å². The number of benzene rings is 1. The second-order valence-corrected chi connectivity index (χ2v) is 5.47. The third kappa shape index (κ3) is 1.95. The van der Waals surface area contributed by atoms with Crippen LogP contribution in [0.5, 0.6) is 0 Å². The topological polar surface area (TPSA) is 12.9 Å². The molecule has 1 heterocycles. The third-order valence-electron chi connectivity index (χ3n) is 2.44. The first-order chi connectivity index (χ1) is 7.11. The minimum atomic E-state index is 0.495. The van der Waals surface area contributed by atoms with Crippen molar-refractivity contribution >= 4 is 42.8 Å². The Hall–Kier alpha value is -0.410. The lowest BCUT2D eigenvalue weighted by molar-refractivity contribution is 0.872. The average molecular weight is 329 g/mol. The van der Waals surface area contributed by atoms with Crippen molar-refractivity contribution in [2.24, 2.45) is 0 Å². The van der Waals surface area contributed by atoms with Crippen molar-refractivity contribution in [1.29, 1.82) is 0 Å². The first-order valence-corrected chi connectivity index (χ1v) is 6.42. The van der Waals surface area contributed by atoms with Crippen LogP contribution in [0.25, 0.3) is 10.9 Å². The Balaban J connectivity index is 2.83. The Morgan fingerprint density at radius 2 is 1.93 bits per heavy atom. The van der Waals surface area contributed by atoms with Gasteiger partial charge in [0.1, 0.15) is 0 Å². The molecular formula is C12H11Br2N. The zero-order valence-electron chi connectivity index (χ0n) is 8.59. The van der Waals surface area contributed by atoms with Gasteiger partial charge in [-0.2, -0.15) is 0 Å². The van der Waals surface area contributed by atoms with Gasteiger partial charge in [-0.15, -0.1) is 0 Å². The normalized spacial score (nSPS) is 11.3. The lowest BCUT2D eigenvalue weighted by Gasteiger charge is -2.10. The predicted molar refractivity (Wildman–Crippen MR) is 71.2 cm³/mol. The van der Waals surface area contributed by atoms with Crippen molar-refractivity contribution in [3.05, 3.63) is 38.9 Å². The molecule has 0 amide bonds. The molecule has 0 bridgehead atoms. The van der Waals surface area contributed by atoms with E-state index in [0.29, 0.717) is 5.92 Å². The number of rotatable bonds is 1. The van der Waals surface area contributed by atoms with Crippen LogP contribution in [-0.4, -0.2) is 4.98 Å². The SMILES string of the molecule is CC(C)c1cccc2c(Br)c(Br)cnc12. The van der Waals surface area contributed by atoms with Gasteiger partial charge in [-0.3, -0.25) is 4.98 Å². The summed E-state index contributed by atoms with van der Waals surface area (Å²) in [6.07, 6.45) is 1.85. The molecule has 0 aliphatic heterocycles. The number of fused-ring (bicyclic) bond motifs is 1. The van der Waals surface area contributed by atoms with Gasteiger partial charge in [0, 0.05) is 16.1 Å². The smallest absolute Gasteiger partial charge is 0.0748 e. The van der Waals surface area contributed by atoms with Crippen molar-refractivity contribution in [2.75, 3.05) is 0 Å². The second kappa shape index (κ2) is 4.22. The van der Waals surface area contributed by atoms with Gasteiger partial charge >= 0.3 is 0 Å². The van der Waals surface area contributed by atoms with E-state index in [9.17, 15) is 0 Å². The van der Waals surface area contributed by atoms with Gasteiger partial charge in [-0.1, -0.05) is 32.0 Å². The van der Waals surface area contributed by atoms with E-state index in [0.717, 1.165) is 19.8 Å². The average Bonchev–Trinajstić information content (AvgIpc) is 2.23. The van der Waals surface area contributed by atoms with E-state index in [-0.39, 0.29) is 0 Å². The fraction of sp³-hybridized carbons (Fsp3) is 0.250. The molecule has 78 valence electrons. The summed E-state index contributed by atoms with van der Waals surface area (Å²) in [5.74, 6) is 0.495. The lowest BCUT2D eigenvalue weighted by Crippen LogP contribution is -1.92. The lowest BCUT2D eigenvalue weighted by atomic mass is 10.00. The van der Waals surface area contributed by atoms with Crippen molar-refractivity contribution in [2.45, 2.75) is 19.8 Å². The maximum atomic E-state index is 4.49. The van der Waals surface area contributed by atoms with Crippen molar-refractivity contribution in [1.82, 2.24) is 4.98 Å². The third-order valence-corrected chi connectivity index (χ3v) is 4.43. The molecule has 0 spiro atoms. The Morgan fingerprint density at radius 1 is 1.20 bits per heavy atom. The maximum absolute atomic E-state index is 4.49. The Kier molecular flexibility index (Phi) is 3.12. The van der Waals surface area contributed by atoms with Crippen LogP contribution >= 0.6 is 31.9 Å². The molecule has 2 rings (SSSR count).